The van der Waals surface area contributed by atoms with Crippen molar-refractivity contribution in [2.75, 3.05) is 6.26 Å². The number of hydrogen-bond acceptors (Lipinski definition) is 5. The van der Waals surface area contributed by atoms with Crippen LogP contribution in [0.5, 0.6) is 0 Å². The molecule has 0 unspecified atom stereocenters. The first-order valence-electron chi connectivity index (χ1n) is 8.57. The summed E-state index contributed by atoms with van der Waals surface area (Å²) in [5, 5.41) is 4.72. The van der Waals surface area contributed by atoms with Crippen molar-refractivity contribution in [2.45, 2.75) is 5.75 Å². The lowest BCUT2D eigenvalue weighted by Crippen LogP contribution is -2.02. The smallest absolute Gasteiger partial charge is 0.185 e. The van der Waals surface area contributed by atoms with Crippen molar-refractivity contribution in [3.8, 4) is 22.5 Å². The zero-order chi connectivity index (χ0) is 18.2. The van der Waals surface area contributed by atoms with Crippen LogP contribution in [0.15, 0.2) is 60.9 Å². The minimum Gasteiger partial charge on any atom is -0.340 e. The van der Waals surface area contributed by atoms with E-state index in [2.05, 4.69) is 51.4 Å². The van der Waals surface area contributed by atoms with Gasteiger partial charge in [-0.2, -0.15) is 16.3 Å². The van der Waals surface area contributed by atoms with Gasteiger partial charge in [0.1, 0.15) is 11.3 Å². The zero-order valence-electron chi connectivity index (χ0n) is 14.6. The predicted octanol–water partition coefficient (Wildman–Crippen LogP) is 4.20. The summed E-state index contributed by atoms with van der Waals surface area (Å²) in [4.78, 5) is 16.8. The summed E-state index contributed by atoms with van der Waals surface area (Å²) in [5.41, 5.74) is 5.57. The van der Waals surface area contributed by atoms with Crippen LogP contribution in [0.3, 0.4) is 0 Å². The molecule has 132 valence electrons. The molecule has 0 radical (unpaired) electrons. The Morgan fingerprint density at radius 1 is 0.926 bits per heavy atom. The van der Waals surface area contributed by atoms with Gasteiger partial charge in [-0.1, -0.05) is 54.6 Å². The molecular weight excluding hydrogens is 356 g/mol. The van der Waals surface area contributed by atoms with Crippen LogP contribution in [-0.4, -0.2) is 35.8 Å². The molecule has 3 heterocycles. The fourth-order valence-corrected chi connectivity index (χ4v) is 3.59. The van der Waals surface area contributed by atoms with E-state index in [1.807, 2.05) is 29.0 Å². The van der Waals surface area contributed by atoms with Crippen molar-refractivity contribution in [3.05, 3.63) is 66.7 Å². The van der Waals surface area contributed by atoms with Crippen molar-refractivity contribution in [1.29, 1.82) is 0 Å². The monoisotopic (exact) mass is 372 g/mol. The summed E-state index contributed by atoms with van der Waals surface area (Å²) in [6, 6.07) is 18.6. The van der Waals surface area contributed by atoms with E-state index >= 15 is 0 Å². The Balaban J connectivity index is 1.62. The average molecular weight is 372 g/mol. The second kappa shape index (κ2) is 6.51. The Morgan fingerprint density at radius 2 is 1.67 bits per heavy atom. The third kappa shape index (κ3) is 2.76. The van der Waals surface area contributed by atoms with E-state index in [1.54, 1.807) is 18.1 Å². The average Bonchev–Trinajstić information content (AvgIpc) is 3.36. The number of rotatable bonds is 4. The number of hydrogen-bond donors (Lipinski definition) is 1. The van der Waals surface area contributed by atoms with Gasteiger partial charge in [0.25, 0.3) is 0 Å². The van der Waals surface area contributed by atoms with E-state index in [1.165, 1.54) is 11.1 Å². The molecule has 1 N–H and O–H groups in total. The lowest BCUT2D eigenvalue weighted by atomic mass is 10.0. The Morgan fingerprint density at radius 3 is 2.44 bits per heavy atom. The fraction of sp³-hybridized carbons (Fsp3) is 0.100. The Bertz CT molecular complexity index is 1220. The Kier molecular flexibility index (Phi) is 3.86. The molecule has 0 atom stereocenters. The van der Waals surface area contributed by atoms with E-state index < -0.39 is 0 Å². The zero-order valence-corrected chi connectivity index (χ0v) is 15.4. The molecule has 5 rings (SSSR count). The van der Waals surface area contributed by atoms with Crippen LogP contribution in [-0.2, 0) is 5.75 Å². The number of benzene rings is 2. The molecule has 6 nitrogen and oxygen atoms in total. The van der Waals surface area contributed by atoms with Crippen LogP contribution in [0.1, 0.15) is 5.82 Å². The third-order valence-corrected chi connectivity index (χ3v) is 5.00. The summed E-state index contributed by atoms with van der Waals surface area (Å²) in [7, 11) is 0. The topological polar surface area (TPSA) is 71.8 Å². The maximum atomic E-state index is 4.76. The number of aromatic amines is 1. The molecule has 0 amide bonds. The summed E-state index contributed by atoms with van der Waals surface area (Å²) in [5.74, 6) is 2.27. The second-order valence-corrected chi connectivity index (χ2v) is 7.04. The largest absolute Gasteiger partial charge is 0.340 e. The molecular formula is C20H16N6S. The van der Waals surface area contributed by atoms with Crippen molar-refractivity contribution < 1.29 is 0 Å². The van der Waals surface area contributed by atoms with Crippen LogP contribution < -0.4 is 0 Å². The van der Waals surface area contributed by atoms with Crippen molar-refractivity contribution in [3.63, 3.8) is 0 Å². The van der Waals surface area contributed by atoms with Gasteiger partial charge in [-0.3, -0.25) is 0 Å². The maximum absolute atomic E-state index is 4.76. The molecule has 0 saturated heterocycles. The first-order chi connectivity index (χ1) is 13.3. The van der Waals surface area contributed by atoms with E-state index in [-0.39, 0.29) is 0 Å². The minimum absolute atomic E-state index is 0.671. The third-order valence-electron chi connectivity index (χ3n) is 4.45. The minimum atomic E-state index is 0.671. The Hall–Kier alpha value is -3.19. The highest BCUT2D eigenvalue weighted by atomic mass is 32.2. The van der Waals surface area contributed by atoms with Crippen LogP contribution in [0.25, 0.3) is 39.3 Å². The van der Waals surface area contributed by atoms with Crippen molar-refractivity contribution in [1.82, 2.24) is 29.5 Å². The standard InChI is InChI=1S/C20H16N6S/c1-27-11-16-23-19-17(21-12-22-19)20-24-18(25-26(16)20)15-9-7-14(8-10-15)13-5-3-2-4-6-13/h2-10,12H,11H2,1H3,(H,21,22). The van der Waals surface area contributed by atoms with Gasteiger partial charge < -0.3 is 4.98 Å². The molecule has 0 aliphatic rings. The number of nitrogens with zero attached hydrogens (tertiary/aromatic N) is 5. The maximum Gasteiger partial charge on any atom is 0.185 e. The van der Waals surface area contributed by atoms with E-state index in [0.29, 0.717) is 11.5 Å². The first kappa shape index (κ1) is 16.0. The molecule has 0 aliphatic heterocycles. The quantitative estimate of drug-likeness (QED) is 0.512. The van der Waals surface area contributed by atoms with Gasteiger partial charge >= 0.3 is 0 Å². The molecule has 3 aromatic heterocycles. The molecule has 27 heavy (non-hydrogen) atoms. The summed E-state index contributed by atoms with van der Waals surface area (Å²) in [6.45, 7) is 0. The van der Waals surface area contributed by atoms with Gasteiger partial charge in [0.2, 0.25) is 0 Å². The van der Waals surface area contributed by atoms with Gasteiger partial charge in [0.15, 0.2) is 17.1 Å². The highest BCUT2D eigenvalue weighted by Gasteiger charge is 2.15. The molecule has 7 heteroatoms. The predicted molar refractivity (Wildman–Crippen MR) is 109 cm³/mol. The van der Waals surface area contributed by atoms with E-state index in [0.717, 1.165) is 28.3 Å². The summed E-state index contributed by atoms with van der Waals surface area (Å²) < 4.78 is 1.82. The second-order valence-electron chi connectivity index (χ2n) is 6.18. The lowest BCUT2D eigenvalue weighted by molar-refractivity contribution is 0.868. The normalized spacial score (nSPS) is 11.4. The highest BCUT2D eigenvalue weighted by Crippen LogP contribution is 2.25. The lowest BCUT2D eigenvalue weighted by Gasteiger charge is -2.02. The van der Waals surface area contributed by atoms with Crippen LogP contribution >= 0.6 is 11.8 Å². The van der Waals surface area contributed by atoms with Crippen molar-refractivity contribution >= 4 is 28.6 Å². The molecule has 0 aliphatic carbocycles. The first-order valence-corrected chi connectivity index (χ1v) is 9.96. The van der Waals surface area contributed by atoms with Gasteiger partial charge in [0.05, 0.1) is 12.1 Å². The van der Waals surface area contributed by atoms with Crippen LogP contribution in [0.4, 0.5) is 0 Å². The number of nitrogens with one attached hydrogen (secondary N) is 1. The molecule has 0 fully saturated rings. The fourth-order valence-electron chi connectivity index (χ4n) is 3.15. The van der Waals surface area contributed by atoms with Gasteiger partial charge in [-0.05, 0) is 17.4 Å². The molecule has 0 saturated carbocycles. The Labute approximate surface area is 159 Å². The molecule has 0 spiro atoms. The number of H-pyrrole nitrogens is 1. The number of imidazole rings is 1. The molecule has 0 bridgehead atoms. The highest BCUT2D eigenvalue weighted by molar-refractivity contribution is 7.97. The van der Waals surface area contributed by atoms with Gasteiger partial charge in [-0.15, -0.1) is 5.10 Å². The SMILES string of the molecule is CSCc1nc2nc[nH]c2c2nc(-c3ccc(-c4ccccc4)cc3)nn12. The van der Waals surface area contributed by atoms with Crippen molar-refractivity contribution in [2.24, 2.45) is 0 Å². The van der Waals surface area contributed by atoms with E-state index in [4.69, 9.17) is 10.1 Å². The number of thioether (sulfide) groups is 1. The van der Waals surface area contributed by atoms with Gasteiger partial charge in [0, 0.05) is 5.56 Å². The summed E-state index contributed by atoms with van der Waals surface area (Å²) in [6.07, 6.45) is 3.69. The van der Waals surface area contributed by atoms with Crippen LogP contribution in [0.2, 0.25) is 0 Å². The van der Waals surface area contributed by atoms with Gasteiger partial charge in [-0.25, -0.2) is 15.0 Å². The molecule has 2 aromatic carbocycles. The van der Waals surface area contributed by atoms with E-state index in [9.17, 15) is 0 Å². The number of aromatic nitrogens is 6. The molecule has 5 aromatic rings. The number of fused-ring (bicyclic) bond motifs is 3. The summed E-state index contributed by atoms with van der Waals surface area (Å²) >= 11 is 1.70. The van der Waals surface area contributed by atoms with Crippen LogP contribution in [0, 0.1) is 0 Å².